The number of carbonyl (C=O) groups is 1. The minimum absolute atomic E-state index is 0. The van der Waals surface area contributed by atoms with Gasteiger partial charge in [-0.2, -0.15) is 0 Å². The van der Waals surface area contributed by atoms with Gasteiger partial charge in [-0.15, -0.1) is 24.8 Å². The van der Waals surface area contributed by atoms with E-state index in [2.05, 4.69) is 4.90 Å². The highest BCUT2D eigenvalue weighted by atomic mass is 35.5. The molecule has 1 aliphatic carbocycles. The lowest BCUT2D eigenvalue weighted by Crippen LogP contribution is -2.57. The van der Waals surface area contributed by atoms with E-state index < -0.39 is 0 Å². The molecule has 1 aromatic rings. The van der Waals surface area contributed by atoms with Crippen LogP contribution in [0.25, 0.3) is 0 Å². The summed E-state index contributed by atoms with van der Waals surface area (Å²) in [5, 5.41) is 9.57. The van der Waals surface area contributed by atoms with Gasteiger partial charge in [0.2, 0.25) is 5.91 Å². The van der Waals surface area contributed by atoms with Crippen molar-refractivity contribution in [2.75, 3.05) is 26.2 Å². The predicted octanol–water partition coefficient (Wildman–Crippen LogP) is 2.79. The van der Waals surface area contributed by atoms with Crippen molar-refractivity contribution in [3.8, 4) is 5.75 Å². The van der Waals surface area contributed by atoms with Crippen molar-refractivity contribution >= 4 is 30.7 Å². The molecule has 1 amide bonds. The summed E-state index contributed by atoms with van der Waals surface area (Å²) in [5.41, 5.74) is 7.15. The Morgan fingerprint density at radius 3 is 2.54 bits per heavy atom. The first kappa shape index (κ1) is 23.0. The van der Waals surface area contributed by atoms with Gasteiger partial charge in [0.1, 0.15) is 5.75 Å². The highest BCUT2D eigenvalue weighted by Crippen LogP contribution is 2.33. The van der Waals surface area contributed by atoms with Gasteiger partial charge in [-0.25, -0.2) is 0 Å². The van der Waals surface area contributed by atoms with E-state index in [1.54, 1.807) is 12.1 Å². The summed E-state index contributed by atoms with van der Waals surface area (Å²) in [4.78, 5) is 17.2. The van der Waals surface area contributed by atoms with Crippen molar-refractivity contribution in [2.24, 2.45) is 11.7 Å². The van der Waals surface area contributed by atoms with Gasteiger partial charge in [-0.05, 0) is 37.5 Å². The molecule has 148 valence electrons. The maximum atomic E-state index is 12.9. The normalized spacial score (nSPS) is 26.5. The second-order valence-electron chi connectivity index (χ2n) is 7.58. The minimum atomic E-state index is -0.353. The fraction of sp³-hybridized carbons (Fsp3) is 0.632. The molecule has 1 aliphatic heterocycles. The average Bonchev–Trinajstić information content (AvgIpc) is 2.55. The molecular formula is C19H31Cl2N3O2. The van der Waals surface area contributed by atoms with Crippen molar-refractivity contribution in [1.29, 1.82) is 0 Å². The number of aromatic hydroxyl groups is 1. The Morgan fingerprint density at radius 1 is 1.23 bits per heavy atom. The number of rotatable bonds is 3. The van der Waals surface area contributed by atoms with Crippen LogP contribution in [0, 0.1) is 5.92 Å². The quantitative estimate of drug-likeness (QED) is 0.813. The number of phenols is 1. The topological polar surface area (TPSA) is 69.8 Å². The molecule has 0 aromatic heterocycles. The zero-order chi connectivity index (χ0) is 17.2. The van der Waals surface area contributed by atoms with E-state index >= 15 is 0 Å². The summed E-state index contributed by atoms with van der Waals surface area (Å²) in [7, 11) is 0. The average molecular weight is 404 g/mol. The molecule has 26 heavy (non-hydrogen) atoms. The molecule has 2 aliphatic rings. The van der Waals surface area contributed by atoms with E-state index in [0.717, 1.165) is 64.0 Å². The Hall–Kier alpha value is -1.01. The van der Waals surface area contributed by atoms with Crippen LogP contribution in [0.1, 0.15) is 38.2 Å². The summed E-state index contributed by atoms with van der Waals surface area (Å²) in [6, 6.07) is 7.39. The minimum Gasteiger partial charge on any atom is -0.508 e. The highest BCUT2D eigenvalue weighted by molar-refractivity contribution is 5.85. The summed E-state index contributed by atoms with van der Waals surface area (Å²) in [5.74, 6) is 0.529. The first-order valence-electron chi connectivity index (χ1n) is 9.04. The van der Waals surface area contributed by atoms with E-state index in [1.807, 2.05) is 24.0 Å². The molecule has 1 saturated carbocycles. The van der Waals surface area contributed by atoms with Gasteiger partial charge in [0.25, 0.3) is 0 Å². The second kappa shape index (κ2) is 9.79. The molecule has 1 heterocycles. The second-order valence-corrected chi connectivity index (χ2v) is 7.58. The van der Waals surface area contributed by atoms with Crippen LogP contribution in [0.2, 0.25) is 0 Å². The van der Waals surface area contributed by atoms with Gasteiger partial charge in [-0.3, -0.25) is 9.69 Å². The number of carbonyl (C=O) groups excluding carboxylic acids is 1. The molecule has 2 atom stereocenters. The van der Waals surface area contributed by atoms with Gasteiger partial charge in [-0.1, -0.05) is 25.0 Å². The van der Waals surface area contributed by atoms with E-state index in [4.69, 9.17) is 5.73 Å². The molecule has 1 saturated heterocycles. The number of piperazine rings is 1. The Bertz CT molecular complexity index is 590. The molecule has 0 bridgehead atoms. The predicted molar refractivity (Wildman–Crippen MR) is 109 cm³/mol. The van der Waals surface area contributed by atoms with Crippen LogP contribution in [-0.4, -0.2) is 52.5 Å². The Morgan fingerprint density at radius 2 is 1.92 bits per heavy atom. The molecule has 1 aromatic carbocycles. The maximum absolute atomic E-state index is 12.9. The number of hydrogen-bond donors (Lipinski definition) is 2. The van der Waals surface area contributed by atoms with Crippen LogP contribution in [0.4, 0.5) is 0 Å². The van der Waals surface area contributed by atoms with Crippen LogP contribution in [0.15, 0.2) is 24.3 Å². The monoisotopic (exact) mass is 403 g/mol. The van der Waals surface area contributed by atoms with Crippen LogP contribution in [0.3, 0.4) is 0 Å². The molecule has 2 fully saturated rings. The van der Waals surface area contributed by atoms with Crippen LogP contribution < -0.4 is 5.73 Å². The lowest BCUT2D eigenvalue weighted by Gasteiger charge is -2.42. The Kier molecular flexibility index (Phi) is 8.67. The van der Waals surface area contributed by atoms with Gasteiger partial charge < -0.3 is 15.7 Å². The highest BCUT2D eigenvalue weighted by Gasteiger charge is 2.40. The SMILES string of the molecule is CC1(N)CCCCC1C(=O)N1CCN(Cc2cccc(O)c2)CC1.Cl.Cl. The smallest absolute Gasteiger partial charge is 0.227 e. The number of phenolic OH excluding ortho intramolecular Hbond substituents is 1. The van der Waals surface area contributed by atoms with E-state index in [-0.39, 0.29) is 42.2 Å². The van der Waals surface area contributed by atoms with Crippen molar-refractivity contribution in [3.63, 3.8) is 0 Å². The van der Waals surface area contributed by atoms with Crippen molar-refractivity contribution < 1.29 is 9.90 Å². The summed E-state index contributed by atoms with van der Waals surface area (Å²) < 4.78 is 0. The van der Waals surface area contributed by atoms with Crippen molar-refractivity contribution in [1.82, 2.24) is 9.80 Å². The third-order valence-electron chi connectivity index (χ3n) is 5.55. The fourth-order valence-electron chi connectivity index (χ4n) is 4.02. The first-order valence-corrected chi connectivity index (χ1v) is 9.04. The molecule has 0 radical (unpaired) electrons. The lowest BCUT2D eigenvalue weighted by atomic mass is 9.74. The van der Waals surface area contributed by atoms with Crippen molar-refractivity contribution in [3.05, 3.63) is 29.8 Å². The Labute approximate surface area is 168 Å². The third-order valence-corrected chi connectivity index (χ3v) is 5.55. The lowest BCUT2D eigenvalue weighted by molar-refractivity contribution is -0.140. The molecular weight excluding hydrogens is 373 g/mol. The zero-order valence-corrected chi connectivity index (χ0v) is 17.0. The van der Waals surface area contributed by atoms with Crippen LogP contribution in [0.5, 0.6) is 5.75 Å². The van der Waals surface area contributed by atoms with Gasteiger partial charge >= 0.3 is 0 Å². The van der Waals surface area contributed by atoms with Crippen LogP contribution >= 0.6 is 24.8 Å². The van der Waals surface area contributed by atoms with E-state index in [9.17, 15) is 9.90 Å². The maximum Gasteiger partial charge on any atom is 0.227 e. The first-order chi connectivity index (χ1) is 11.5. The summed E-state index contributed by atoms with van der Waals surface area (Å²) in [6.45, 7) is 6.13. The fourth-order valence-corrected chi connectivity index (χ4v) is 4.02. The zero-order valence-electron chi connectivity index (χ0n) is 15.4. The largest absolute Gasteiger partial charge is 0.508 e. The molecule has 5 nitrogen and oxygen atoms in total. The number of amides is 1. The number of halogens is 2. The number of benzene rings is 1. The number of nitrogens with two attached hydrogens (primary N) is 1. The summed E-state index contributed by atoms with van der Waals surface area (Å²) in [6.07, 6.45) is 4.12. The number of hydrogen-bond acceptors (Lipinski definition) is 4. The Balaban J connectivity index is 0.00000169. The molecule has 3 rings (SSSR count). The molecule has 0 spiro atoms. The van der Waals surface area contributed by atoms with Crippen LogP contribution in [-0.2, 0) is 11.3 Å². The molecule has 7 heteroatoms. The van der Waals surface area contributed by atoms with Gasteiger partial charge in [0.05, 0.1) is 5.92 Å². The van der Waals surface area contributed by atoms with E-state index in [1.165, 1.54) is 0 Å². The molecule has 3 N–H and O–H groups in total. The molecule has 2 unspecified atom stereocenters. The van der Waals surface area contributed by atoms with Crippen molar-refractivity contribution in [2.45, 2.75) is 44.7 Å². The number of nitrogens with zero attached hydrogens (tertiary/aromatic N) is 2. The summed E-state index contributed by atoms with van der Waals surface area (Å²) >= 11 is 0. The van der Waals surface area contributed by atoms with Gasteiger partial charge in [0.15, 0.2) is 0 Å². The standard InChI is InChI=1S/C19H29N3O2.2ClH/c1-19(20)8-3-2-7-17(19)18(24)22-11-9-21(10-12-22)14-15-5-4-6-16(23)13-15;;/h4-6,13,17,23H,2-3,7-12,14,20H2,1H3;2*1H. The third kappa shape index (κ3) is 5.49. The van der Waals surface area contributed by atoms with Gasteiger partial charge in [0, 0.05) is 38.3 Å². The van der Waals surface area contributed by atoms with E-state index in [0.29, 0.717) is 5.75 Å².